The zero-order valence-electron chi connectivity index (χ0n) is 16.2. The number of benzene rings is 2. The van der Waals surface area contributed by atoms with E-state index in [1.54, 1.807) is 19.1 Å². The van der Waals surface area contributed by atoms with Crippen molar-refractivity contribution < 1.29 is 22.8 Å². The average molecular weight is 392 g/mol. The summed E-state index contributed by atoms with van der Waals surface area (Å²) in [7, 11) is 0. The van der Waals surface area contributed by atoms with Crippen LogP contribution in [0.5, 0.6) is 0 Å². The van der Waals surface area contributed by atoms with E-state index in [4.69, 9.17) is 0 Å². The highest BCUT2D eigenvalue weighted by Gasteiger charge is 2.41. The van der Waals surface area contributed by atoms with Crippen molar-refractivity contribution in [3.8, 4) is 0 Å². The maximum absolute atomic E-state index is 13.2. The topological polar surface area (TPSA) is 49.4 Å². The third kappa shape index (κ3) is 4.52. The van der Waals surface area contributed by atoms with Crippen LogP contribution in [0.15, 0.2) is 48.5 Å². The minimum atomic E-state index is -4.62. The van der Waals surface area contributed by atoms with Gasteiger partial charge in [0.1, 0.15) is 5.41 Å². The minimum Gasteiger partial charge on any atom is -0.325 e. The van der Waals surface area contributed by atoms with Gasteiger partial charge < -0.3 is 10.2 Å². The summed E-state index contributed by atoms with van der Waals surface area (Å²) in [5.41, 5.74) is -1.33. The fourth-order valence-electron chi connectivity index (χ4n) is 2.79. The van der Waals surface area contributed by atoms with Crippen LogP contribution in [0.2, 0.25) is 0 Å². The smallest absolute Gasteiger partial charge is 0.325 e. The summed E-state index contributed by atoms with van der Waals surface area (Å²) in [6, 6.07) is 11.9. The molecule has 0 aromatic heterocycles. The molecule has 4 nitrogen and oxygen atoms in total. The molecule has 150 valence electrons. The first-order valence-corrected chi connectivity index (χ1v) is 8.84. The number of para-hydroxylation sites is 1. The van der Waals surface area contributed by atoms with Crippen LogP contribution in [0, 0.1) is 12.3 Å². The zero-order valence-corrected chi connectivity index (χ0v) is 16.2. The van der Waals surface area contributed by atoms with E-state index in [0.717, 1.165) is 11.6 Å². The molecule has 0 aliphatic rings. The lowest BCUT2D eigenvalue weighted by atomic mass is 9.89. The van der Waals surface area contributed by atoms with Crippen molar-refractivity contribution in [2.75, 3.05) is 16.8 Å². The highest BCUT2D eigenvalue weighted by atomic mass is 19.4. The molecule has 0 saturated carbocycles. The second-order valence-electron chi connectivity index (χ2n) is 7.01. The van der Waals surface area contributed by atoms with Gasteiger partial charge in [-0.3, -0.25) is 9.59 Å². The van der Waals surface area contributed by atoms with E-state index in [9.17, 15) is 22.8 Å². The van der Waals surface area contributed by atoms with Gasteiger partial charge in [-0.1, -0.05) is 24.3 Å². The lowest BCUT2D eigenvalue weighted by Crippen LogP contribution is -2.47. The first-order valence-electron chi connectivity index (χ1n) is 8.84. The van der Waals surface area contributed by atoms with Gasteiger partial charge in [-0.05, 0) is 57.5 Å². The predicted molar refractivity (Wildman–Crippen MR) is 103 cm³/mol. The molecule has 0 heterocycles. The molecule has 2 rings (SSSR count). The van der Waals surface area contributed by atoms with Gasteiger partial charge >= 0.3 is 6.18 Å². The summed E-state index contributed by atoms with van der Waals surface area (Å²) in [5, 5.41) is 2.27. The van der Waals surface area contributed by atoms with E-state index >= 15 is 0 Å². The second kappa shape index (κ2) is 8.04. The third-order valence-electron chi connectivity index (χ3n) is 4.46. The lowest BCUT2D eigenvalue weighted by molar-refractivity contribution is -0.137. The van der Waals surface area contributed by atoms with Crippen LogP contribution in [0.25, 0.3) is 0 Å². The number of halogens is 3. The van der Waals surface area contributed by atoms with Crippen molar-refractivity contribution in [2.45, 2.75) is 33.9 Å². The molecule has 0 saturated heterocycles. The normalized spacial score (nSPS) is 11.8. The highest BCUT2D eigenvalue weighted by Crippen LogP contribution is 2.35. The Balaban J connectivity index is 2.31. The number of rotatable bonds is 5. The maximum Gasteiger partial charge on any atom is 0.418 e. The van der Waals surface area contributed by atoms with E-state index in [1.165, 1.54) is 36.9 Å². The summed E-state index contributed by atoms with van der Waals surface area (Å²) in [6.45, 7) is 6.78. The van der Waals surface area contributed by atoms with E-state index in [1.807, 2.05) is 19.1 Å². The lowest BCUT2D eigenvalue weighted by Gasteiger charge is -2.31. The predicted octanol–water partition coefficient (Wildman–Crippen LogP) is 5.03. The first kappa shape index (κ1) is 21.5. The van der Waals surface area contributed by atoms with Crippen molar-refractivity contribution in [3.63, 3.8) is 0 Å². The van der Waals surface area contributed by atoms with Crippen molar-refractivity contribution in [1.29, 1.82) is 0 Å². The molecule has 0 bridgehead atoms. The number of aryl methyl sites for hydroxylation is 1. The molecule has 0 aliphatic heterocycles. The SMILES string of the molecule is CCN(C(=O)C(C)(C)C(=O)Nc1ccccc1C(F)(F)F)c1cccc(C)c1. The number of carbonyl (C=O) groups is 2. The second-order valence-corrected chi connectivity index (χ2v) is 7.01. The fraction of sp³-hybridized carbons (Fsp3) is 0.333. The molecule has 0 aliphatic carbocycles. The van der Waals surface area contributed by atoms with Crippen LogP contribution >= 0.6 is 0 Å². The van der Waals surface area contributed by atoms with Crippen molar-refractivity contribution in [1.82, 2.24) is 0 Å². The average Bonchev–Trinajstić information content (AvgIpc) is 2.61. The van der Waals surface area contributed by atoms with E-state index in [-0.39, 0.29) is 5.69 Å². The molecule has 0 fully saturated rings. The van der Waals surface area contributed by atoms with E-state index in [2.05, 4.69) is 5.32 Å². The van der Waals surface area contributed by atoms with Crippen LogP contribution in [-0.2, 0) is 15.8 Å². The van der Waals surface area contributed by atoms with Gasteiger partial charge in [-0.2, -0.15) is 13.2 Å². The van der Waals surface area contributed by atoms with Gasteiger partial charge in [0.15, 0.2) is 0 Å². The number of anilines is 2. The molecule has 0 unspecified atom stereocenters. The van der Waals surface area contributed by atoms with Crippen LogP contribution in [0.1, 0.15) is 31.9 Å². The van der Waals surface area contributed by atoms with Gasteiger partial charge in [0, 0.05) is 12.2 Å². The molecule has 2 aromatic rings. The number of alkyl halides is 3. The molecule has 7 heteroatoms. The van der Waals surface area contributed by atoms with E-state index in [0.29, 0.717) is 12.2 Å². The molecule has 0 radical (unpaired) electrons. The Labute approximate surface area is 162 Å². The van der Waals surface area contributed by atoms with Crippen LogP contribution in [0.3, 0.4) is 0 Å². The maximum atomic E-state index is 13.2. The number of amides is 2. The van der Waals surface area contributed by atoms with Gasteiger partial charge in [-0.25, -0.2) is 0 Å². The molecule has 0 atom stereocenters. The monoisotopic (exact) mass is 392 g/mol. The summed E-state index contributed by atoms with van der Waals surface area (Å²) >= 11 is 0. The fourth-order valence-corrected chi connectivity index (χ4v) is 2.79. The minimum absolute atomic E-state index is 0.318. The van der Waals surface area contributed by atoms with Gasteiger partial charge in [0.2, 0.25) is 11.8 Å². The number of hydrogen-bond acceptors (Lipinski definition) is 2. The van der Waals surface area contributed by atoms with Gasteiger partial charge in [0.25, 0.3) is 0 Å². The molecule has 28 heavy (non-hydrogen) atoms. The molecular weight excluding hydrogens is 369 g/mol. The van der Waals surface area contributed by atoms with Crippen molar-refractivity contribution in [3.05, 3.63) is 59.7 Å². The summed E-state index contributed by atoms with van der Waals surface area (Å²) in [5.74, 6) is -1.30. The Morgan fingerprint density at radius 2 is 1.68 bits per heavy atom. The van der Waals surface area contributed by atoms with Gasteiger partial charge in [0.05, 0.1) is 11.3 Å². The summed E-state index contributed by atoms with van der Waals surface area (Å²) in [4.78, 5) is 27.3. The zero-order chi connectivity index (χ0) is 21.1. The Kier molecular flexibility index (Phi) is 6.17. The Morgan fingerprint density at radius 1 is 1.04 bits per heavy atom. The molecule has 2 aromatic carbocycles. The number of nitrogens with one attached hydrogen (secondary N) is 1. The highest BCUT2D eigenvalue weighted by molar-refractivity contribution is 6.15. The Hall–Kier alpha value is -2.83. The van der Waals surface area contributed by atoms with Crippen LogP contribution in [-0.4, -0.2) is 18.4 Å². The number of carbonyl (C=O) groups excluding carboxylic acids is 2. The summed E-state index contributed by atoms with van der Waals surface area (Å²) < 4.78 is 39.5. The Morgan fingerprint density at radius 3 is 2.25 bits per heavy atom. The van der Waals surface area contributed by atoms with Crippen LogP contribution < -0.4 is 10.2 Å². The molecule has 2 amide bonds. The van der Waals surface area contributed by atoms with Crippen molar-refractivity contribution >= 4 is 23.2 Å². The molecular formula is C21H23F3N2O2. The standard InChI is InChI=1S/C21H23F3N2O2/c1-5-26(15-10-8-9-14(2)13-15)19(28)20(3,4)18(27)25-17-12-7-6-11-16(17)21(22,23)24/h6-13H,5H2,1-4H3,(H,25,27). The number of nitrogens with zero attached hydrogens (tertiary/aromatic N) is 1. The first-order chi connectivity index (χ1) is 13.0. The quantitative estimate of drug-likeness (QED) is 0.726. The largest absolute Gasteiger partial charge is 0.418 e. The molecule has 0 spiro atoms. The van der Waals surface area contributed by atoms with Crippen molar-refractivity contribution in [2.24, 2.45) is 5.41 Å². The van der Waals surface area contributed by atoms with E-state index < -0.39 is 29.0 Å². The Bertz CT molecular complexity index is 876. The molecule has 1 N–H and O–H groups in total. The summed E-state index contributed by atoms with van der Waals surface area (Å²) in [6.07, 6.45) is -4.62. The third-order valence-corrected chi connectivity index (χ3v) is 4.46. The number of hydrogen-bond donors (Lipinski definition) is 1. The van der Waals surface area contributed by atoms with Crippen LogP contribution in [0.4, 0.5) is 24.5 Å². The van der Waals surface area contributed by atoms with Gasteiger partial charge in [-0.15, -0.1) is 0 Å².